The summed E-state index contributed by atoms with van der Waals surface area (Å²) in [5.41, 5.74) is 1.80. The van der Waals surface area contributed by atoms with Crippen molar-refractivity contribution in [3.8, 4) is 6.07 Å². The molecular weight excluding hydrogens is 256 g/mol. The highest BCUT2D eigenvalue weighted by molar-refractivity contribution is 6.31. The van der Waals surface area contributed by atoms with Gasteiger partial charge < -0.3 is 0 Å². The first kappa shape index (κ1) is 13.0. The van der Waals surface area contributed by atoms with Crippen molar-refractivity contribution in [3.63, 3.8) is 0 Å². The monoisotopic (exact) mass is 274 g/mol. The summed E-state index contributed by atoms with van der Waals surface area (Å²) in [5, 5.41) is 9.61. The first-order valence-electron chi connectivity index (χ1n) is 7.20. The van der Waals surface area contributed by atoms with Gasteiger partial charge in [0.25, 0.3) is 0 Å². The summed E-state index contributed by atoms with van der Waals surface area (Å²) < 4.78 is 0. The first-order chi connectivity index (χ1) is 9.28. The smallest absolute Gasteiger partial charge is 0.0992 e. The fourth-order valence-electron chi connectivity index (χ4n) is 3.66. The highest BCUT2D eigenvalue weighted by Crippen LogP contribution is 2.37. The van der Waals surface area contributed by atoms with E-state index in [9.17, 15) is 0 Å². The van der Waals surface area contributed by atoms with E-state index in [2.05, 4.69) is 11.0 Å². The zero-order valence-electron chi connectivity index (χ0n) is 11.1. The summed E-state index contributed by atoms with van der Waals surface area (Å²) in [6.45, 7) is 2.14. The maximum Gasteiger partial charge on any atom is 0.0992 e. The molecule has 2 nitrogen and oxygen atoms in total. The number of nitriles is 1. The number of fused-ring (bicyclic) bond motifs is 1. The molecule has 1 aromatic rings. The van der Waals surface area contributed by atoms with Gasteiger partial charge in [-0.2, -0.15) is 5.26 Å². The molecule has 1 heterocycles. The first-order valence-corrected chi connectivity index (χ1v) is 7.58. The van der Waals surface area contributed by atoms with E-state index in [-0.39, 0.29) is 0 Å². The summed E-state index contributed by atoms with van der Waals surface area (Å²) in [6.07, 6.45) is 6.88. The van der Waals surface area contributed by atoms with Crippen molar-refractivity contribution >= 4 is 11.6 Å². The molecule has 1 saturated heterocycles. The van der Waals surface area contributed by atoms with Crippen LogP contribution in [0.5, 0.6) is 0 Å². The van der Waals surface area contributed by atoms with Gasteiger partial charge in [0.05, 0.1) is 11.6 Å². The Labute approximate surface area is 120 Å². The van der Waals surface area contributed by atoms with Crippen LogP contribution in [-0.4, -0.2) is 17.5 Å². The highest BCUT2D eigenvalue weighted by Gasteiger charge is 2.35. The maximum absolute atomic E-state index is 8.87. The Morgan fingerprint density at radius 3 is 2.89 bits per heavy atom. The fraction of sp³-hybridized carbons (Fsp3) is 0.562. The summed E-state index contributed by atoms with van der Waals surface area (Å²) in [7, 11) is 0. The second-order valence-corrected chi connectivity index (χ2v) is 6.20. The zero-order chi connectivity index (χ0) is 13.2. The van der Waals surface area contributed by atoms with E-state index in [0.29, 0.717) is 5.56 Å². The van der Waals surface area contributed by atoms with Crippen molar-refractivity contribution in [2.75, 3.05) is 6.54 Å². The van der Waals surface area contributed by atoms with Crippen molar-refractivity contribution in [1.29, 1.82) is 5.26 Å². The predicted molar refractivity (Wildman–Crippen MR) is 76.9 cm³/mol. The van der Waals surface area contributed by atoms with Gasteiger partial charge in [0.15, 0.2) is 0 Å². The molecule has 100 valence electrons. The molecule has 0 radical (unpaired) electrons. The van der Waals surface area contributed by atoms with Gasteiger partial charge in [0.2, 0.25) is 0 Å². The molecule has 2 unspecified atom stereocenters. The zero-order valence-corrected chi connectivity index (χ0v) is 11.9. The van der Waals surface area contributed by atoms with Gasteiger partial charge in [-0.05, 0) is 49.4 Å². The molecule has 2 atom stereocenters. The van der Waals surface area contributed by atoms with E-state index in [1.54, 1.807) is 6.07 Å². The molecular formula is C16H19ClN2. The number of hydrogen-bond acceptors (Lipinski definition) is 2. The van der Waals surface area contributed by atoms with Gasteiger partial charge in [-0.15, -0.1) is 0 Å². The van der Waals surface area contributed by atoms with Crippen molar-refractivity contribution < 1.29 is 0 Å². The Morgan fingerprint density at radius 1 is 1.26 bits per heavy atom. The van der Waals surface area contributed by atoms with Crippen molar-refractivity contribution in [2.24, 2.45) is 5.92 Å². The minimum atomic E-state index is 0.644. The van der Waals surface area contributed by atoms with E-state index in [1.807, 2.05) is 12.1 Å². The van der Waals surface area contributed by atoms with Crippen LogP contribution in [0, 0.1) is 17.2 Å². The fourth-order valence-corrected chi connectivity index (χ4v) is 3.90. The molecule has 1 aromatic carbocycles. The average Bonchev–Trinajstić information content (AvgIpc) is 2.84. The van der Waals surface area contributed by atoms with E-state index in [0.717, 1.165) is 29.1 Å². The van der Waals surface area contributed by atoms with E-state index in [4.69, 9.17) is 16.9 Å². The lowest BCUT2D eigenvalue weighted by atomic mass is 9.85. The number of rotatable bonds is 2. The molecule has 0 spiro atoms. The predicted octanol–water partition coefficient (Wildman–Crippen LogP) is 3.98. The maximum atomic E-state index is 8.87. The molecule has 0 bridgehead atoms. The number of likely N-dealkylation sites (tertiary alicyclic amines) is 1. The number of benzene rings is 1. The van der Waals surface area contributed by atoms with Crippen LogP contribution in [0.3, 0.4) is 0 Å². The van der Waals surface area contributed by atoms with Crippen LogP contribution in [-0.2, 0) is 6.54 Å². The highest BCUT2D eigenvalue weighted by atomic mass is 35.5. The van der Waals surface area contributed by atoms with Crippen LogP contribution in [0.25, 0.3) is 0 Å². The van der Waals surface area contributed by atoms with Crippen LogP contribution in [0.2, 0.25) is 5.02 Å². The van der Waals surface area contributed by atoms with Crippen LogP contribution in [0.1, 0.15) is 43.2 Å². The summed E-state index contributed by atoms with van der Waals surface area (Å²) in [5.74, 6) is 0.908. The van der Waals surface area contributed by atoms with Crippen molar-refractivity contribution in [2.45, 2.75) is 44.7 Å². The third kappa shape index (κ3) is 2.63. The summed E-state index contributed by atoms with van der Waals surface area (Å²) in [6, 6.07) is 8.56. The molecule has 1 aliphatic heterocycles. The lowest BCUT2D eigenvalue weighted by Crippen LogP contribution is -2.34. The number of nitrogens with zero attached hydrogens (tertiary/aromatic N) is 2. The van der Waals surface area contributed by atoms with Gasteiger partial charge in [0, 0.05) is 17.6 Å². The topological polar surface area (TPSA) is 27.0 Å². The molecule has 1 aliphatic carbocycles. The Bertz CT molecular complexity index is 506. The average molecular weight is 275 g/mol. The Kier molecular flexibility index (Phi) is 3.77. The normalized spacial score (nSPS) is 26.9. The van der Waals surface area contributed by atoms with Gasteiger partial charge in [-0.3, -0.25) is 4.90 Å². The lowest BCUT2D eigenvalue weighted by Gasteiger charge is -2.31. The van der Waals surface area contributed by atoms with Crippen LogP contribution in [0.4, 0.5) is 0 Å². The standard InChI is InChI=1S/C16H19ClN2/c17-15-9-12(10-18)5-6-14(15)11-19-8-7-13-3-1-2-4-16(13)19/h5-6,9,13,16H,1-4,7-8,11H2. The van der Waals surface area contributed by atoms with Crippen LogP contribution >= 0.6 is 11.6 Å². The van der Waals surface area contributed by atoms with Gasteiger partial charge >= 0.3 is 0 Å². The Balaban J connectivity index is 1.73. The largest absolute Gasteiger partial charge is 0.296 e. The molecule has 0 N–H and O–H groups in total. The third-order valence-corrected chi connectivity index (χ3v) is 5.03. The number of hydrogen-bond donors (Lipinski definition) is 0. The van der Waals surface area contributed by atoms with E-state index < -0.39 is 0 Å². The minimum absolute atomic E-state index is 0.644. The quantitative estimate of drug-likeness (QED) is 0.816. The summed E-state index contributed by atoms with van der Waals surface area (Å²) >= 11 is 6.28. The van der Waals surface area contributed by atoms with Crippen molar-refractivity contribution in [3.05, 3.63) is 34.3 Å². The van der Waals surface area contributed by atoms with Gasteiger partial charge in [-0.1, -0.05) is 30.5 Å². The molecule has 3 rings (SSSR count). The Hall–Kier alpha value is -1.04. The SMILES string of the molecule is N#Cc1ccc(CN2CCC3CCCCC32)c(Cl)c1. The summed E-state index contributed by atoms with van der Waals surface area (Å²) in [4.78, 5) is 2.59. The molecule has 0 aromatic heterocycles. The second kappa shape index (κ2) is 5.53. The van der Waals surface area contributed by atoms with Gasteiger partial charge in [0.1, 0.15) is 0 Å². The van der Waals surface area contributed by atoms with E-state index >= 15 is 0 Å². The molecule has 2 aliphatic rings. The molecule has 1 saturated carbocycles. The molecule has 2 fully saturated rings. The third-order valence-electron chi connectivity index (χ3n) is 4.68. The van der Waals surface area contributed by atoms with Crippen LogP contribution in [0.15, 0.2) is 18.2 Å². The Morgan fingerprint density at radius 2 is 2.11 bits per heavy atom. The van der Waals surface area contributed by atoms with E-state index in [1.165, 1.54) is 38.6 Å². The van der Waals surface area contributed by atoms with Crippen LogP contribution < -0.4 is 0 Å². The molecule has 3 heteroatoms. The second-order valence-electron chi connectivity index (χ2n) is 5.79. The van der Waals surface area contributed by atoms with Gasteiger partial charge in [-0.25, -0.2) is 0 Å². The minimum Gasteiger partial charge on any atom is -0.296 e. The lowest BCUT2D eigenvalue weighted by molar-refractivity contribution is 0.176. The van der Waals surface area contributed by atoms with Crippen molar-refractivity contribution in [1.82, 2.24) is 4.90 Å². The molecule has 0 amide bonds. The number of halogens is 1. The molecule has 19 heavy (non-hydrogen) atoms.